The Balaban J connectivity index is 1.91. The third kappa shape index (κ3) is 3.93. The van der Waals surface area contributed by atoms with E-state index in [1.165, 1.54) is 19.1 Å². The van der Waals surface area contributed by atoms with Gasteiger partial charge in [-0.1, -0.05) is 24.3 Å². The van der Waals surface area contributed by atoms with Crippen LogP contribution in [0.15, 0.2) is 54.2 Å². The maximum atomic E-state index is 13.2. The molecule has 1 amide bonds. The molecule has 2 N–H and O–H groups in total. The number of para-hydroxylation sites is 1. The number of nitrogens with one attached hydrogen (secondary N) is 1. The molecule has 1 aromatic heterocycles. The highest BCUT2D eigenvalue weighted by Gasteiger charge is 2.46. The second kappa shape index (κ2) is 8.99. The van der Waals surface area contributed by atoms with Gasteiger partial charge in [0.15, 0.2) is 11.5 Å². The Morgan fingerprint density at radius 2 is 1.82 bits per heavy atom. The summed E-state index contributed by atoms with van der Waals surface area (Å²) >= 11 is 0. The SMILES string of the molecule is COc1ccc([C@H]2C(=C(O)c3c[nH]c4ccccc34)C(=O)C(=O)N2CCN(C)C)cc1OC. The number of rotatable bonds is 7. The molecule has 0 unspecified atom stereocenters. The van der Waals surface area contributed by atoms with Crippen LogP contribution >= 0.6 is 0 Å². The number of hydrogen-bond acceptors (Lipinski definition) is 6. The number of benzene rings is 2. The van der Waals surface area contributed by atoms with Crippen LogP contribution in [0.5, 0.6) is 11.5 Å². The van der Waals surface area contributed by atoms with E-state index in [2.05, 4.69) is 4.98 Å². The number of hydrogen-bond donors (Lipinski definition) is 2. The second-order valence-electron chi connectivity index (χ2n) is 8.16. The van der Waals surface area contributed by atoms with E-state index in [1.54, 1.807) is 24.4 Å². The Morgan fingerprint density at radius 1 is 1.09 bits per heavy atom. The summed E-state index contributed by atoms with van der Waals surface area (Å²) in [5.41, 5.74) is 1.99. The fourth-order valence-corrected chi connectivity index (χ4v) is 4.20. The van der Waals surface area contributed by atoms with Crippen LogP contribution in [0, 0.1) is 0 Å². The van der Waals surface area contributed by atoms with Gasteiger partial charge in [-0.3, -0.25) is 9.59 Å². The normalized spacial score (nSPS) is 17.8. The topological polar surface area (TPSA) is 95.1 Å². The van der Waals surface area contributed by atoms with E-state index in [9.17, 15) is 14.7 Å². The number of H-pyrrole nitrogens is 1. The van der Waals surface area contributed by atoms with Crippen LogP contribution in [-0.2, 0) is 9.59 Å². The number of ether oxygens (including phenoxy) is 2. The van der Waals surface area contributed by atoms with Crippen molar-refractivity contribution in [3.8, 4) is 11.5 Å². The summed E-state index contributed by atoms with van der Waals surface area (Å²) in [5.74, 6) is -0.560. The van der Waals surface area contributed by atoms with Gasteiger partial charge in [-0.2, -0.15) is 0 Å². The van der Waals surface area contributed by atoms with Gasteiger partial charge in [-0.25, -0.2) is 0 Å². The van der Waals surface area contributed by atoms with E-state index in [0.717, 1.165) is 10.9 Å². The summed E-state index contributed by atoms with van der Waals surface area (Å²) in [5, 5.41) is 12.1. The van der Waals surface area contributed by atoms with E-state index >= 15 is 0 Å². The van der Waals surface area contributed by atoms with Crippen molar-refractivity contribution < 1.29 is 24.2 Å². The van der Waals surface area contributed by atoms with Crippen molar-refractivity contribution in [1.82, 2.24) is 14.8 Å². The number of aliphatic hydroxyl groups excluding tert-OH is 1. The predicted octanol–water partition coefficient (Wildman–Crippen LogP) is 3.17. The van der Waals surface area contributed by atoms with Gasteiger partial charge in [0, 0.05) is 35.8 Å². The summed E-state index contributed by atoms with van der Waals surface area (Å²) in [6, 6.07) is 12.0. The maximum absolute atomic E-state index is 13.2. The Labute approximate surface area is 192 Å². The van der Waals surface area contributed by atoms with Crippen LogP contribution in [0.1, 0.15) is 17.2 Å². The van der Waals surface area contributed by atoms with Crippen molar-refractivity contribution in [3.63, 3.8) is 0 Å². The quantitative estimate of drug-likeness (QED) is 0.327. The van der Waals surface area contributed by atoms with Crippen LogP contribution in [0.4, 0.5) is 0 Å². The molecule has 1 aliphatic rings. The van der Waals surface area contributed by atoms with Gasteiger partial charge >= 0.3 is 0 Å². The lowest BCUT2D eigenvalue weighted by atomic mass is 9.95. The first-order chi connectivity index (χ1) is 15.9. The average molecular weight is 450 g/mol. The Bertz CT molecular complexity index is 1240. The zero-order valence-electron chi connectivity index (χ0n) is 19.1. The van der Waals surface area contributed by atoms with E-state index in [4.69, 9.17) is 9.47 Å². The monoisotopic (exact) mass is 449 g/mol. The summed E-state index contributed by atoms with van der Waals surface area (Å²) in [4.78, 5) is 32.8. The molecular weight excluding hydrogens is 422 g/mol. The third-order valence-corrected chi connectivity index (χ3v) is 5.90. The molecule has 0 saturated carbocycles. The number of carbonyl (C=O) groups excluding carboxylic acids is 2. The number of aromatic nitrogens is 1. The third-order valence-electron chi connectivity index (χ3n) is 5.90. The van der Waals surface area contributed by atoms with Crippen LogP contribution in [0.25, 0.3) is 16.7 Å². The Kier molecular flexibility index (Phi) is 6.11. The molecule has 1 atom stereocenters. The molecule has 1 aliphatic heterocycles. The van der Waals surface area contributed by atoms with Gasteiger partial charge in [0.1, 0.15) is 5.76 Å². The standard InChI is InChI=1S/C25H27N3O5/c1-27(2)11-12-28-22(15-9-10-19(32-3)20(13-15)33-4)21(24(30)25(28)31)23(29)17-14-26-18-8-6-5-7-16(17)18/h5-10,13-14,22,26,29H,11-12H2,1-4H3/t22-/m0/s1. The molecule has 4 rings (SSSR count). The first kappa shape index (κ1) is 22.4. The number of Topliss-reactive ketones (excluding diaryl/α,β-unsaturated/α-hetero) is 1. The smallest absolute Gasteiger partial charge is 0.295 e. The highest BCUT2D eigenvalue weighted by molar-refractivity contribution is 6.46. The molecule has 0 radical (unpaired) electrons. The molecule has 0 spiro atoms. The fraction of sp³-hybridized carbons (Fsp3) is 0.280. The zero-order chi connectivity index (χ0) is 23.7. The highest BCUT2D eigenvalue weighted by atomic mass is 16.5. The largest absolute Gasteiger partial charge is 0.507 e. The fourth-order valence-electron chi connectivity index (χ4n) is 4.20. The van der Waals surface area contributed by atoms with Crippen molar-refractivity contribution >= 4 is 28.4 Å². The Morgan fingerprint density at radius 3 is 2.52 bits per heavy atom. The van der Waals surface area contributed by atoms with Crippen molar-refractivity contribution in [3.05, 3.63) is 65.4 Å². The molecule has 3 aromatic rings. The van der Waals surface area contributed by atoms with Gasteiger partial charge in [0.2, 0.25) is 0 Å². The number of aromatic amines is 1. The lowest BCUT2D eigenvalue weighted by Gasteiger charge is -2.27. The highest BCUT2D eigenvalue weighted by Crippen LogP contribution is 2.42. The number of likely N-dealkylation sites (N-methyl/N-ethyl adjacent to an activating group) is 1. The average Bonchev–Trinajstić information content (AvgIpc) is 3.36. The lowest BCUT2D eigenvalue weighted by molar-refractivity contribution is -0.140. The molecule has 1 saturated heterocycles. The van der Waals surface area contributed by atoms with Gasteiger partial charge in [-0.05, 0) is 37.9 Å². The first-order valence-corrected chi connectivity index (χ1v) is 10.6. The maximum Gasteiger partial charge on any atom is 0.295 e. The van der Waals surface area contributed by atoms with Crippen LogP contribution < -0.4 is 9.47 Å². The van der Waals surface area contributed by atoms with Crippen LogP contribution in [0.2, 0.25) is 0 Å². The van der Waals surface area contributed by atoms with E-state index in [0.29, 0.717) is 35.7 Å². The van der Waals surface area contributed by atoms with Crippen molar-refractivity contribution in [2.45, 2.75) is 6.04 Å². The second-order valence-corrected chi connectivity index (χ2v) is 8.16. The number of likely N-dealkylation sites (tertiary alicyclic amines) is 1. The minimum Gasteiger partial charge on any atom is -0.507 e. The summed E-state index contributed by atoms with van der Waals surface area (Å²) in [6.07, 6.45) is 1.65. The van der Waals surface area contributed by atoms with Crippen LogP contribution in [-0.4, -0.2) is 73.0 Å². The molecule has 1 fully saturated rings. The van der Waals surface area contributed by atoms with E-state index in [-0.39, 0.29) is 11.3 Å². The van der Waals surface area contributed by atoms with Gasteiger partial charge in [0.05, 0.1) is 25.8 Å². The zero-order valence-corrected chi connectivity index (χ0v) is 19.1. The van der Waals surface area contributed by atoms with Crippen molar-refractivity contribution in [1.29, 1.82) is 0 Å². The molecule has 2 aromatic carbocycles. The number of fused-ring (bicyclic) bond motifs is 1. The molecule has 0 bridgehead atoms. The van der Waals surface area contributed by atoms with Gasteiger partial charge in [-0.15, -0.1) is 0 Å². The number of amides is 1. The van der Waals surface area contributed by atoms with Crippen molar-refractivity contribution in [2.75, 3.05) is 41.4 Å². The summed E-state index contributed by atoms with van der Waals surface area (Å²) in [6.45, 7) is 0.880. The van der Waals surface area contributed by atoms with E-state index < -0.39 is 17.7 Å². The minimum atomic E-state index is -0.765. The van der Waals surface area contributed by atoms with E-state index in [1.807, 2.05) is 43.3 Å². The predicted molar refractivity (Wildman–Crippen MR) is 125 cm³/mol. The number of methoxy groups -OCH3 is 2. The summed E-state index contributed by atoms with van der Waals surface area (Å²) < 4.78 is 10.8. The molecule has 8 nitrogen and oxygen atoms in total. The number of ketones is 1. The Hall–Kier alpha value is -3.78. The van der Waals surface area contributed by atoms with Gasteiger partial charge in [0.25, 0.3) is 11.7 Å². The number of aliphatic hydroxyl groups is 1. The van der Waals surface area contributed by atoms with Gasteiger partial charge < -0.3 is 29.4 Å². The summed E-state index contributed by atoms with van der Waals surface area (Å²) in [7, 11) is 6.86. The molecule has 8 heteroatoms. The molecule has 172 valence electrons. The number of carbonyl (C=O) groups is 2. The first-order valence-electron chi connectivity index (χ1n) is 10.6. The van der Waals surface area contributed by atoms with Crippen molar-refractivity contribution in [2.24, 2.45) is 0 Å². The molecule has 2 heterocycles. The molecule has 33 heavy (non-hydrogen) atoms. The minimum absolute atomic E-state index is 0.0516. The lowest BCUT2D eigenvalue weighted by Crippen LogP contribution is -2.35. The molecule has 0 aliphatic carbocycles. The van der Waals surface area contributed by atoms with Crippen LogP contribution in [0.3, 0.4) is 0 Å². The number of nitrogens with zero attached hydrogens (tertiary/aromatic N) is 2. The molecular formula is C25H27N3O5.